The molecule has 0 aliphatic carbocycles. The molecule has 0 unspecified atom stereocenters. The van der Waals surface area contributed by atoms with Crippen LogP contribution in [0, 0.1) is 5.92 Å². The number of carboxylic acid groups (broad SMARTS) is 1. The number of carbonyl (C=O) groups excluding carboxylic acids is 1. The fourth-order valence-corrected chi connectivity index (χ4v) is 2.75. The molecule has 22 heavy (non-hydrogen) atoms. The smallest absolute Gasteiger partial charge is 0.317 e. The molecule has 0 atom stereocenters. The third kappa shape index (κ3) is 5.44. The first-order chi connectivity index (χ1) is 10.6. The molecule has 1 aromatic rings. The number of aliphatic carboxylic acids is 1. The molecule has 1 saturated heterocycles. The van der Waals surface area contributed by atoms with Crippen molar-refractivity contribution in [2.75, 3.05) is 31.5 Å². The average Bonchev–Trinajstić information content (AvgIpc) is 2.52. The average molecular weight is 305 g/mol. The monoisotopic (exact) mass is 305 g/mol. The van der Waals surface area contributed by atoms with Gasteiger partial charge in [0.1, 0.15) is 11.6 Å². The zero-order valence-corrected chi connectivity index (χ0v) is 12.7. The Bertz CT molecular complexity index is 485. The normalized spacial score (nSPS) is 16.4. The van der Waals surface area contributed by atoms with Gasteiger partial charge in [0, 0.05) is 25.1 Å². The van der Waals surface area contributed by atoms with E-state index in [1.807, 2.05) is 23.1 Å². The summed E-state index contributed by atoms with van der Waals surface area (Å²) in [4.78, 5) is 28.9. The highest BCUT2D eigenvalue weighted by Crippen LogP contribution is 2.19. The molecule has 2 N–H and O–H groups in total. The maximum atomic E-state index is 12.2. The second-order valence-corrected chi connectivity index (χ2v) is 5.66. The van der Waals surface area contributed by atoms with Gasteiger partial charge in [-0.1, -0.05) is 6.07 Å². The number of aromatic nitrogens is 1. The highest BCUT2D eigenvalue weighted by molar-refractivity contribution is 5.81. The maximum absolute atomic E-state index is 12.2. The van der Waals surface area contributed by atoms with Gasteiger partial charge < -0.3 is 10.4 Å². The van der Waals surface area contributed by atoms with Crippen LogP contribution in [0.4, 0.5) is 5.82 Å². The summed E-state index contributed by atoms with van der Waals surface area (Å²) in [5.74, 6) is 0.431. The topological polar surface area (TPSA) is 82.5 Å². The molecule has 0 aromatic carbocycles. The van der Waals surface area contributed by atoms with Gasteiger partial charge in [-0.05, 0) is 44.5 Å². The first-order valence-corrected chi connectivity index (χ1v) is 7.77. The van der Waals surface area contributed by atoms with Crippen molar-refractivity contribution >= 4 is 17.6 Å². The summed E-state index contributed by atoms with van der Waals surface area (Å²) in [6.07, 6.45) is 4.66. The quantitative estimate of drug-likeness (QED) is 0.711. The van der Waals surface area contributed by atoms with Crippen LogP contribution < -0.4 is 5.32 Å². The lowest BCUT2D eigenvalue weighted by Gasteiger charge is -2.29. The minimum atomic E-state index is -0.801. The number of pyridine rings is 1. The summed E-state index contributed by atoms with van der Waals surface area (Å²) in [5.41, 5.74) is 0. The number of anilines is 1. The zero-order chi connectivity index (χ0) is 15.8. The van der Waals surface area contributed by atoms with Gasteiger partial charge in [0.2, 0.25) is 0 Å². The Labute approximate surface area is 130 Å². The van der Waals surface area contributed by atoms with Crippen LogP contribution in [0.3, 0.4) is 0 Å². The van der Waals surface area contributed by atoms with Gasteiger partial charge in [-0.25, -0.2) is 4.98 Å². The minimum Gasteiger partial charge on any atom is -0.480 e. The van der Waals surface area contributed by atoms with Crippen molar-refractivity contribution in [3.63, 3.8) is 0 Å². The van der Waals surface area contributed by atoms with E-state index >= 15 is 0 Å². The highest BCUT2D eigenvalue weighted by Gasteiger charge is 2.25. The largest absolute Gasteiger partial charge is 0.480 e. The first kappa shape index (κ1) is 16.4. The van der Waals surface area contributed by atoms with Gasteiger partial charge >= 0.3 is 5.97 Å². The molecule has 6 heteroatoms. The fraction of sp³-hybridized carbons (Fsp3) is 0.562. The lowest BCUT2D eigenvalue weighted by atomic mass is 9.90. The number of piperidine rings is 1. The Morgan fingerprint density at radius 3 is 2.73 bits per heavy atom. The Hall–Kier alpha value is -1.95. The standard InChI is InChI=1S/C16H23N3O3/c20-14(4-3-9-18-15-5-1-2-8-17-15)13-6-10-19(11-7-13)12-16(21)22/h1-2,5,8,13H,3-4,6-7,9-12H2,(H,17,18)(H,21,22). The number of Topliss-reactive ketones (excluding diaryl/α,β-unsaturated/α-hetero) is 1. The molecule has 2 heterocycles. The third-order valence-electron chi connectivity index (χ3n) is 3.97. The molecule has 0 saturated carbocycles. The third-order valence-corrected chi connectivity index (χ3v) is 3.97. The second-order valence-electron chi connectivity index (χ2n) is 5.66. The fourth-order valence-electron chi connectivity index (χ4n) is 2.75. The lowest BCUT2D eigenvalue weighted by molar-refractivity contribution is -0.138. The van der Waals surface area contributed by atoms with Crippen LogP contribution in [0.25, 0.3) is 0 Å². The molecule has 120 valence electrons. The molecule has 1 aromatic heterocycles. The molecular weight excluding hydrogens is 282 g/mol. The van der Waals surface area contributed by atoms with Gasteiger partial charge in [-0.2, -0.15) is 0 Å². The number of rotatable bonds is 8. The first-order valence-electron chi connectivity index (χ1n) is 7.77. The number of carboxylic acids is 1. The van der Waals surface area contributed by atoms with E-state index in [0.29, 0.717) is 25.3 Å². The SMILES string of the molecule is O=C(O)CN1CCC(C(=O)CCCNc2ccccn2)CC1. The van der Waals surface area contributed by atoms with Crippen LogP contribution in [0.15, 0.2) is 24.4 Å². The van der Waals surface area contributed by atoms with Gasteiger partial charge in [0.25, 0.3) is 0 Å². The maximum Gasteiger partial charge on any atom is 0.317 e. The molecule has 0 bridgehead atoms. The number of ketones is 1. The molecule has 1 aliphatic rings. The van der Waals surface area contributed by atoms with Gasteiger partial charge in [-0.15, -0.1) is 0 Å². The summed E-state index contributed by atoms with van der Waals surface area (Å²) in [5, 5.41) is 12.0. The minimum absolute atomic E-state index is 0.0783. The molecule has 0 spiro atoms. The summed E-state index contributed by atoms with van der Waals surface area (Å²) >= 11 is 0. The zero-order valence-electron chi connectivity index (χ0n) is 12.7. The van der Waals surface area contributed by atoms with Crippen molar-refractivity contribution in [2.45, 2.75) is 25.7 Å². The molecule has 1 aliphatic heterocycles. The van der Waals surface area contributed by atoms with Crippen LogP contribution >= 0.6 is 0 Å². The van der Waals surface area contributed by atoms with E-state index in [9.17, 15) is 9.59 Å². The van der Waals surface area contributed by atoms with Gasteiger partial charge in [0.05, 0.1) is 6.54 Å². The number of carbonyl (C=O) groups is 2. The summed E-state index contributed by atoms with van der Waals surface area (Å²) in [6, 6.07) is 5.69. The van der Waals surface area contributed by atoms with Crippen molar-refractivity contribution < 1.29 is 14.7 Å². The van der Waals surface area contributed by atoms with Crippen LogP contribution in [-0.2, 0) is 9.59 Å². The lowest BCUT2D eigenvalue weighted by Crippen LogP contribution is -2.39. The van der Waals surface area contributed by atoms with Crippen LogP contribution in [0.1, 0.15) is 25.7 Å². The Kier molecular flexibility index (Phi) is 6.33. The summed E-state index contributed by atoms with van der Waals surface area (Å²) in [6.45, 7) is 2.22. The van der Waals surface area contributed by atoms with E-state index in [1.54, 1.807) is 6.20 Å². The Morgan fingerprint density at radius 2 is 2.09 bits per heavy atom. The summed E-state index contributed by atoms with van der Waals surface area (Å²) < 4.78 is 0. The molecular formula is C16H23N3O3. The highest BCUT2D eigenvalue weighted by atomic mass is 16.4. The van der Waals surface area contributed by atoms with E-state index in [0.717, 1.165) is 31.6 Å². The number of nitrogens with one attached hydrogen (secondary N) is 1. The van der Waals surface area contributed by atoms with Gasteiger partial charge in [-0.3, -0.25) is 14.5 Å². The molecule has 1 fully saturated rings. The Balaban J connectivity index is 1.61. The Morgan fingerprint density at radius 1 is 1.32 bits per heavy atom. The van der Waals surface area contributed by atoms with Crippen LogP contribution in [-0.4, -0.2) is 52.9 Å². The van der Waals surface area contributed by atoms with Crippen molar-refractivity contribution in [1.82, 2.24) is 9.88 Å². The van der Waals surface area contributed by atoms with Crippen molar-refractivity contribution in [3.8, 4) is 0 Å². The molecule has 2 rings (SSSR count). The number of nitrogens with zero attached hydrogens (tertiary/aromatic N) is 2. The number of hydrogen-bond donors (Lipinski definition) is 2. The van der Waals surface area contributed by atoms with Crippen molar-refractivity contribution in [2.24, 2.45) is 5.92 Å². The summed E-state index contributed by atoms with van der Waals surface area (Å²) in [7, 11) is 0. The number of hydrogen-bond acceptors (Lipinski definition) is 5. The molecule has 6 nitrogen and oxygen atoms in total. The van der Waals surface area contributed by atoms with Crippen LogP contribution in [0.5, 0.6) is 0 Å². The molecule has 0 radical (unpaired) electrons. The van der Waals surface area contributed by atoms with E-state index in [-0.39, 0.29) is 12.5 Å². The van der Waals surface area contributed by atoms with E-state index in [1.165, 1.54) is 0 Å². The van der Waals surface area contributed by atoms with E-state index < -0.39 is 5.97 Å². The van der Waals surface area contributed by atoms with Gasteiger partial charge in [0.15, 0.2) is 0 Å². The van der Waals surface area contributed by atoms with E-state index in [2.05, 4.69) is 10.3 Å². The predicted molar refractivity (Wildman–Crippen MR) is 83.8 cm³/mol. The van der Waals surface area contributed by atoms with E-state index in [4.69, 9.17) is 5.11 Å². The van der Waals surface area contributed by atoms with Crippen LogP contribution in [0.2, 0.25) is 0 Å². The second kappa shape index (κ2) is 8.48. The number of likely N-dealkylation sites (tertiary alicyclic amines) is 1. The molecule has 0 amide bonds. The van der Waals surface area contributed by atoms with Crippen molar-refractivity contribution in [3.05, 3.63) is 24.4 Å². The predicted octanol–water partition coefficient (Wildman–Crippen LogP) is 1.64. The van der Waals surface area contributed by atoms with Crippen molar-refractivity contribution in [1.29, 1.82) is 0 Å².